The van der Waals surface area contributed by atoms with Crippen LogP contribution >= 0.6 is 0 Å². The predicted molar refractivity (Wildman–Crippen MR) is 228 cm³/mol. The Morgan fingerprint density at radius 3 is 1.86 bits per heavy atom. The van der Waals surface area contributed by atoms with Gasteiger partial charge in [-0.05, 0) is 36.3 Å². The molecule has 1 aromatic heterocycles. The number of carboxylic acid groups (broad SMARTS) is 1. The number of likely N-dealkylation sites (tertiary alicyclic amines) is 1. The molecule has 8 atom stereocenters. The number of H-pyrrole nitrogens is 1. The number of amides is 7. The number of carbonyl (C=O) groups excluding carboxylic acids is 7. The van der Waals surface area contributed by atoms with Gasteiger partial charge < -0.3 is 58.1 Å². The number of nitrogens with two attached hydrogens (primary N) is 2. The van der Waals surface area contributed by atoms with Gasteiger partial charge in [0.05, 0.1) is 19.0 Å². The maximum Gasteiger partial charge on any atom is 0.326 e. The van der Waals surface area contributed by atoms with Crippen molar-refractivity contribution in [3.63, 3.8) is 0 Å². The van der Waals surface area contributed by atoms with Crippen LogP contribution in [-0.4, -0.2) is 128 Å². The number of rotatable bonds is 24. The number of aliphatic hydroxyl groups excluding tert-OH is 1. The summed E-state index contributed by atoms with van der Waals surface area (Å²) in [6.45, 7) is 2.76. The molecule has 2 aromatic carbocycles. The van der Waals surface area contributed by atoms with Crippen molar-refractivity contribution in [1.29, 1.82) is 0 Å². The molecule has 0 radical (unpaired) electrons. The number of benzene rings is 2. The smallest absolute Gasteiger partial charge is 0.326 e. The lowest BCUT2D eigenvalue weighted by molar-refractivity contribution is -0.143. The summed E-state index contributed by atoms with van der Waals surface area (Å²) in [6.07, 6.45) is 3.21. The lowest BCUT2D eigenvalue weighted by Gasteiger charge is -2.30. The summed E-state index contributed by atoms with van der Waals surface area (Å²) >= 11 is 0. The van der Waals surface area contributed by atoms with E-state index in [-0.39, 0.29) is 51.0 Å². The Labute approximate surface area is 364 Å². The van der Waals surface area contributed by atoms with Gasteiger partial charge in [0.25, 0.3) is 0 Å². The van der Waals surface area contributed by atoms with E-state index in [0.717, 1.165) is 0 Å². The van der Waals surface area contributed by atoms with Crippen LogP contribution in [0.1, 0.15) is 62.8 Å². The van der Waals surface area contributed by atoms with Gasteiger partial charge in [-0.25, -0.2) is 9.78 Å². The number of aromatic amines is 1. The van der Waals surface area contributed by atoms with Gasteiger partial charge >= 0.3 is 5.97 Å². The molecule has 0 saturated carbocycles. The van der Waals surface area contributed by atoms with Gasteiger partial charge in [0.2, 0.25) is 41.4 Å². The van der Waals surface area contributed by atoms with Crippen LogP contribution in [0.3, 0.4) is 0 Å². The zero-order valence-corrected chi connectivity index (χ0v) is 35.3. The fraction of sp³-hybridized carbons (Fsp3) is 0.465. The van der Waals surface area contributed by atoms with Crippen molar-refractivity contribution in [2.24, 2.45) is 17.4 Å². The largest absolute Gasteiger partial charge is 0.480 e. The molecule has 1 fully saturated rings. The number of aromatic nitrogens is 2. The van der Waals surface area contributed by atoms with Gasteiger partial charge in [0, 0.05) is 44.1 Å². The number of nitrogens with one attached hydrogen (secondary N) is 6. The quantitative estimate of drug-likeness (QED) is 0.0496. The lowest BCUT2D eigenvalue weighted by Crippen LogP contribution is -2.60. The minimum absolute atomic E-state index is 0.0244. The van der Waals surface area contributed by atoms with E-state index in [1.54, 1.807) is 67.6 Å². The number of hydrogen-bond acceptors (Lipinski definition) is 11. The van der Waals surface area contributed by atoms with Crippen molar-refractivity contribution in [2.75, 3.05) is 13.2 Å². The second-order valence-corrected chi connectivity index (χ2v) is 15.6. The summed E-state index contributed by atoms with van der Waals surface area (Å²) < 4.78 is 0. The number of hydrogen-bond donors (Lipinski definition) is 10. The molecule has 63 heavy (non-hydrogen) atoms. The zero-order chi connectivity index (χ0) is 46.1. The Morgan fingerprint density at radius 1 is 0.778 bits per heavy atom. The fourth-order valence-corrected chi connectivity index (χ4v) is 7.04. The van der Waals surface area contributed by atoms with Crippen LogP contribution in [0.5, 0.6) is 0 Å². The Bertz CT molecular complexity index is 2020. The van der Waals surface area contributed by atoms with Gasteiger partial charge in [-0.3, -0.25) is 33.6 Å². The Hall–Kier alpha value is -6.67. The molecule has 1 aliphatic rings. The molecule has 340 valence electrons. The zero-order valence-electron chi connectivity index (χ0n) is 35.3. The summed E-state index contributed by atoms with van der Waals surface area (Å²) in [5.41, 5.74) is 13.1. The molecule has 3 aromatic rings. The summed E-state index contributed by atoms with van der Waals surface area (Å²) in [5, 5.41) is 33.2. The maximum atomic E-state index is 14.2. The molecule has 0 bridgehead atoms. The molecule has 1 aliphatic heterocycles. The average molecular weight is 875 g/mol. The highest BCUT2D eigenvalue weighted by atomic mass is 16.4. The van der Waals surface area contributed by atoms with Crippen molar-refractivity contribution in [3.05, 3.63) is 90.0 Å². The van der Waals surface area contributed by atoms with E-state index < -0.39 is 96.2 Å². The minimum atomic E-state index is -1.57. The van der Waals surface area contributed by atoms with Crippen molar-refractivity contribution in [3.8, 4) is 0 Å². The number of nitrogens with zero attached hydrogens (tertiary/aromatic N) is 2. The first-order chi connectivity index (χ1) is 30.1. The van der Waals surface area contributed by atoms with E-state index in [0.29, 0.717) is 29.7 Å². The van der Waals surface area contributed by atoms with Gasteiger partial charge in [-0.2, -0.15) is 0 Å². The Kier molecular flexibility index (Phi) is 18.7. The van der Waals surface area contributed by atoms with Crippen molar-refractivity contribution < 1.29 is 48.6 Å². The third kappa shape index (κ3) is 14.7. The van der Waals surface area contributed by atoms with Crippen LogP contribution in [0.2, 0.25) is 0 Å². The number of imidazole rings is 1. The topological polar surface area (TPSA) is 321 Å². The van der Waals surface area contributed by atoms with Crippen LogP contribution < -0.4 is 38.1 Å². The molecular weight excluding hydrogens is 817 g/mol. The van der Waals surface area contributed by atoms with Crippen LogP contribution in [0.4, 0.5) is 0 Å². The van der Waals surface area contributed by atoms with Crippen molar-refractivity contribution in [2.45, 2.75) is 108 Å². The molecular formula is C43H58N10O10. The first-order valence-electron chi connectivity index (χ1n) is 20.9. The minimum Gasteiger partial charge on any atom is -0.480 e. The molecule has 0 spiro atoms. The number of aliphatic hydroxyl groups is 1. The molecule has 20 nitrogen and oxygen atoms in total. The van der Waals surface area contributed by atoms with Gasteiger partial charge in [0.15, 0.2) is 0 Å². The first kappa shape index (κ1) is 49.0. The average Bonchev–Trinajstić information content (AvgIpc) is 3.99. The summed E-state index contributed by atoms with van der Waals surface area (Å²) in [5.74, 6) is -6.95. The van der Waals surface area contributed by atoms with Gasteiger partial charge in [0.1, 0.15) is 36.3 Å². The molecule has 4 rings (SSSR count). The normalized spacial score (nSPS) is 16.8. The fourth-order valence-electron chi connectivity index (χ4n) is 7.04. The molecule has 1 saturated heterocycles. The molecule has 12 N–H and O–H groups in total. The number of carbonyl (C=O) groups is 8. The van der Waals surface area contributed by atoms with E-state index in [1.165, 1.54) is 17.4 Å². The van der Waals surface area contributed by atoms with E-state index in [2.05, 4.69) is 36.6 Å². The third-order valence-corrected chi connectivity index (χ3v) is 10.9. The first-order valence-corrected chi connectivity index (χ1v) is 20.9. The predicted octanol–water partition coefficient (Wildman–Crippen LogP) is -1.43. The maximum absolute atomic E-state index is 14.2. The molecule has 0 aliphatic carbocycles. The summed E-state index contributed by atoms with van der Waals surface area (Å²) in [6, 6.07) is 8.46. The number of primary amides is 1. The number of aliphatic carboxylic acids is 1. The van der Waals surface area contributed by atoms with Crippen LogP contribution in [-0.2, 0) is 57.6 Å². The monoisotopic (exact) mass is 874 g/mol. The summed E-state index contributed by atoms with van der Waals surface area (Å²) in [7, 11) is 0. The van der Waals surface area contributed by atoms with Crippen LogP contribution in [0.15, 0.2) is 73.2 Å². The van der Waals surface area contributed by atoms with Gasteiger partial charge in [-0.1, -0.05) is 80.9 Å². The van der Waals surface area contributed by atoms with Crippen molar-refractivity contribution >= 4 is 47.3 Å². The highest BCUT2D eigenvalue weighted by Crippen LogP contribution is 2.20. The summed E-state index contributed by atoms with van der Waals surface area (Å²) in [4.78, 5) is 114. The molecule has 7 amide bonds. The van der Waals surface area contributed by atoms with Crippen LogP contribution in [0, 0.1) is 5.92 Å². The van der Waals surface area contributed by atoms with Crippen LogP contribution in [0.25, 0.3) is 0 Å². The molecule has 20 heteroatoms. The lowest BCUT2D eigenvalue weighted by atomic mass is 9.98. The van der Waals surface area contributed by atoms with E-state index in [9.17, 15) is 48.6 Å². The molecule has 2 heterocycles. The highest BCUT2D eigenvalue weighted by molar-refractivity contribution is 5.97. The van der Waals surface area contributed by atoms with E-state index >= 15 is 0 Å². The molecule has 0 unspecified atom stereocenters. The van der Waals surface area contributed by atoms with E-state index in [1.807, 2.05) is 6.92 Å². The van der Waals surface area contributed by atoms with Gasteiger partial charge in [-0.15, -0.1) is 0 Å². The second kappa shape index (κ2) is 24.1. The Morgan fingerprint density at radius 2 is 1.32 bits per heavy atom. The SMILES string of the molecule is CC[C@H](C)[C@H](N)C(=O)N[C@@H](CCC(N)=O)C(=O)N[C@@H](CO)C(=O)N1CCC[C@H]1C(=O)N[C@@H](Cc1cnc[nH]1)C(=O)N[C@@H](Cc1ccccc1)C(=O)N[C@@H](Cc1ccccc1)C(=O)O. The second-order valence-electron chi connectivity index (χ2n) is 15.6. The highest BCUT2D eigenvalue weighted by Gasteiger charge is 2.40. The van der Waals surface area contributed by atoms with E-state index in [4.69, 9.17) is 11.5 Å². The standard InChI is InChI=1S/C43H58N10O10/c1-3-25(2)36(45)41(60)48-29(16-17-35(44)55)37(56)52-33(23-54)42(61)53-18-10-15-34(53)40(59)50-31(21-28-22-46-24-47-28)39(58)49-30(19-26-11-6-4-7-12-26)38(57)51-32(43(62)63)20-27-13-8-5-9-14-27/h4-9,11-14,22,24-25,29-34,36,54H,3,10,15-21,23,45H2,1-2H3,(H2,44,55)(H,46,47)(H,48,60)(H,49,58)(H,50,59)(H,51,57)(H,52,56)(H,62,63)/t25-,29-,30-,31-,32-,33-,34-,36-/m0/s1. The van der Waals surface area contributed by atoms with Crippen molar-refractivity contribution in [1.82, 2.24) is 41.5 Å². The number of carboxylic acids is 1. The third-order valence-electron chi connectivity index (χ3n) is 10.9. The Balaban J connectivity index is 1.52.